The molecule has 6 heteroatoms. The van der Waals surface area contributed by atoms with E-state index < -0.39 is 0 Å². The summed E-state index contributed by atoms with van der Waals surface area (Å²) in [5, 5.41) is 5.62. The molecule has 2 aromatic carbocycles. The number of aromatic nitrogens is 4. The smallest absolute Gasteiger partial charge is 0.168 e. The van der Waals surface area contributed by atoms with E-state index in [9.17, 15) is 0 Å². The van der Waals surface area contributed by atoms with Crippen molar-refractivity contribution in [2.75, 3.05) is 29.4 Å². The number of hydrogen-bond acceptors (Lipinski definition) is 5. The summed E-state index contributed by atoms with van der Waals surface area (Å²) in [4.78, 5) is 14.0. The zero-order valence-corrected chi connectivity index (χ0v) is 17.7. The SMILES string of the molecule is Cc1ccc(N2CCN(c3ncnc4c3cnn4-c3cccc(C)c3)CC2C)cc1. The van der Waals surface area contributed by atoms with Crippen molar-refractivity contribution in [3.8, 4) is 5.69 Å². The highest BCUT2D eigenvalue weighted by atomic mass is 15.3. The van der Waals surface area contributed by atoms with Crippen LogP contribution in [0, 0.1) is 13.8 Å². The van der Waals surface area contributed by atoms with Crippen molar-refractivity contribution in [1.29, 1.82) is 0 Å². The van der Waals surface area contributed by atoms with E-state index in [1.165, 1.54) is 16.8 Å². The molecule has 2 aromatic heterocycles. The van der Waals surface area contributed by atoms with E-state index in [1.54, 1.807) is 6.33 Å². The molecule has 0 amide bonds. The molecule has 152 valence electrons. The molecule has 0 N–H and O–H groups in total. The molecule has 4 aromatic rings. The summed E-state index contributed by atoms with van der Waals surface area (Å²) in [6.07, 6.45) is 3.55. The minimum Gasteiger partial charge on any atom is -0.365 e. The summed E-state index contributed by atoms with van der Waals surface area (Å²) in [7, 11) is 0. The number of anilines is 2. The molecule has 0 radical (unpaired) electrons. The minimum atomic E-state index is 0.387. The Hall–Kier alpha value is -3.41. The van der Waals surface area contributed by atoms with E-state index in [0.717, 1.165) is 42.2 Å². The van der Waals surface area contributed by atoms with E-state index in [0.29, 0.717) is 6.04 Å². The minimum absolute atomic E-state index is 0.387. The Morgan fingerprint density at radius 3 is 2.50 bits per heavy atom. The van der Waals surface area contributed by atoms with Gasteiger partial charge in [-0.25, -0.2) is 14.6 Å². The number of fused-ring (bicyclic) bond motifs is 1. The molecule has 1 aliphatic rings. The van der Waals surface area contributed by atoms with Gasteiger partial charge < -0.3 is 9.80 Å². The summed E-state index contributed by atoms with van der Waals surface area (Å²) < 4.78 is 1.90. The maximum Gasteiger partial charge on any atom is 0.168 e. The highest BCUT2D eigenvalue weighted by Crippen LogP contribution is 2.28. The Bertz CT molecular complexity index is 1180. The highest BCUT2D eigenvalue weighted by molar-refractivity contribution is 5.87. The van der Waals surface area contributed by atoms with Gasteiger partial charge in [0.25, 0.3) is 0 Å². The molecular formula is C24H26N6. The summed E-state index contributed by atoms with van der Waals surface area (Å²) in [5.41, 5.74) is 5.64. The molecule has 1 unspecified atom stereocenters. The van der Waals surface area contributed by atoms with Crippen molar-refractivity contribution < 1.29 is 0 Å². The normalized spacial score (nSPS) is 17.0. The maximum absolute atomic E-state index is 4.64. The van der Waals surface area contributed by atoms with E-state index >= 15 is 0 Å². The fraction of sp³-hybridized carbons (Fsp3) is 0.292. The van der Waals surface area contributed by atoms with Gasteiger partial charge in [0.05, 0.1) is 17.3 Å². The van der Waals surface area contributed by atoms with Crippen LogP contribution in [0.1, 0.15) is 18.1 Å². The van der Waals surface area contributed by atoms with Crippen LogP contribution in [0.25, 0.3) is 16.7 Å². The number of benzene rings is 2. The van der Waals surface area contributed by atoms with Gasteiger partial charge in [0.2, 0.25) is 0 Å². The molecule has 5 rings (SSSR count). The molecule has 1 fully saturated rings. The van der Waals surface area contributed by atoms with Gasteiger partial charge in [0.15, 0.2) is 5.65 Å². The number of nitrogens with zero attached hydrogens (tertiary/aromatic N) is 6. The van der Waals surface area contributed by atoms with Crippen molar-refractivity contribution in [3.63, 3.8) is 0 Å². The van der Waals surface area contributed by atoms with Gasteiger partial charge in [0, 0.05) is 31.4 Å². The fourth-order valence-corrected chi connectivity index (χ4v) is 4.30. The predicted octanol–water partition coefficient (Wildman–Crippen LogP) is 4.15. The topological polar surface area (TPSA) is 50.1 Å². The van der Waals surface area contributed by atoms with Crippen LogP contribution in [-0.2, 0) is 0 Å². The first kappa shape index (κ1) is 18.6. The number of rotatable bonds is 3. The van der Waals surface area contributed by atoms with Crippen LogP contribution in [0.4, 0.5) is 11.5 Å². The van der Waals surface area contributed by atoms with Crippen LogP contribution in [0.3, 0.4) is 0 Å². The molecule has 0 saturated carbocycles. The van der Waals surface area contributed by atoms with E-state index in [2.05, 4.69) is 88.1 Å². The molecule has 0 bridgehead atoms. The second kappa shape index (κ2) is 7.44. The van der Waals surface area contributed by atoms with Crippen molar-refractivity contribution in [3.05, 3.63) is 72.2 Å². The van der Waals surface area contributed by atoms with Gasteiger partial charge in [-0.2, -0.15) is 5.10 Å². The number of piperazine rings is 1. The van der Waals surface area contributed by atoms with Crippen LogP contribution in [0.2, 0.25) is 0 Å². The Morgan fingerprint density at radius 1 is 0.900 bits per heavy atom. The van der Waals surface area contributed by atoms with Gasteiger partial charge in [-0.3, -0.25) is 0 Å². The first-order chi connectivity index (χ1) is 14.6. The van der Waals surface area contributed by atoms with Gasteiger partial charge >= 0.3 is 0 Å². The Labute approximate surface area is 176 Å². The Morgan fingerprint density at radius 2 is 1.73 bits per heavy atom. The van der Waals surface area contributed by atoms with Crippen LogP contribution in [0.15, 0.2) is 61.1 Å². The lowest BCUT2D eigenvalue weighted by Gasteiger charge is -2.42. The quantitative estimate of drug-likeness (QED) is 0.519. The largest absolute Gasteiger partial charge is 0.365 e. The lowest BCUT2D eigenvalue weighted by atomic mass is 10.1. The molecular weight excluding hydrogens is 372 g/mol. The molecule has 6 nitrogen and oxygen atoms in total. The third-order valence-corrected chi connectivity index (χ3v) is 5.88. The van der Waals surface area contributed by atoms with Crippen LogP contribution in [0.5, 0.6) is 0 Å². The molecule has 3 heterocycles. The van der Waals surface area contributed by atoms with Gasteiger partial charge in [-0.1, -0.05) is 29.8 Å². The third kappa shape index (κ3) is 3.28. The second-order valence-electron chi connectivity index (χ2n) is 8.15. The number of hydrogen-bond donors (Lipinski definition) is 0. The predicted molar refractivity (Wildman–Crippen MR) is 122 cm³/mol. The first-order valence-corrected chi connectivity index (χ1v) is 10.4. The Balaban J connectivity index is 1.44. The summed E-state index contributed by atoms with van der Waals surface area (Å²) in [6.45, 7) is 9.28. The van der Waals surface area contributed by atoms with E-state index in [1.807, 2.05) is 16.9 Å². The fourth-order valence-electron chi connectivity index (χ4n) is 4.30. The van der Waals surface area contributed by atoms with Gasteiger partial charge in [0.1, 0.15) is 12.1 Å². The molecule has 1 saturated heterocycles. The van der Waals surface area contributed by atoms with Gasteiger partial charge in [-0.05, 0) is 50.6 Å². The summed E-state index contributed by atoms with van der Waals surface area (Å²) in [6, 6.07) is 17.5. The van der Waals surface area contributed by atoms with Gasteiger partial charge in [-0.15, -0.1) is 0 Å². The molecule has 1 atom stereocenters. The average molecular weight is 399 g/mol. The van der Waals surface area contributed by atoms with E-state index in [-0.39, 0.29) is 0 Å². The third-order valence-electron chi connectivity index (χ3n) is 5.88. The second-order valence-corrected chi connectivity index (χ2v) is 8.15. The standard InChI is InChI=1S/C24H26N6/c1-17-7-9-20(10-8-17)29-12-11-28(15-19(29)3)23-22-14-27-30(24(22)26-16-25-23)21-6-4-5-18(2)13-21/h4-10,13-14,16,19H,11-12,15H2,1-3H3. The van der Waals surface area contributed by atoms with Crippen LogP contribution in [-0.4, -0.2) is 45.4 Å². The summed E-state index contributed by atoms with van der Waals surface area (Å²) in [5.74, 6) is 0.967. The van der Waals surface area contributed by atoms with Crippen LogP contribution < -0.4 is 9.80 Å². The van der Waals surface area contributed by atoms with Crippen molar-refractivity contribution >= 4 is 22.5 Å². The van der Waals surface area contributed by atoms with Crippen LogP contribution >= 0.6 is 0 Å². The first-order valence-electron chi connectivity index (χ1n) is 10.4. The average Bonchev–Trinajstić information content (AvgIpc) is 3.19. The zero-order chi connectivity index (χ0) is 20.7. The summed E-state index contributed by atoms with van der Waals surface area (Å²) >= 11 is 0. The highest BCUT2D eigenvalue weighted by Gasteiger charge is 2.26. The zero-order valence-electron chi connectivity index (χ0n) is 17.7. The van der Waals surface area contributed by atoms with Crippen molar-refractivity contribution in [2.24, 2.45) is 0 Å². The maximum atomic E-state index is 4.64. The molecule has 1 aliphatic heterocycles. The molecule has 0 aliphatic carbocycles. The lowest BCUT2D eigenvalue weighted by molar-refractivity contribution is 0.548. The molecule has 30 heavy (non-hydrogen) atoms. The molecule has 0 spiro atoms. The monoisotopic (exact) mass is 398 g/mol. The van der Waals surface area contributed by atoms with Crippen molar-refractivity contribution in [1.82, 2.24) is 19.7 Å². The van der Waals surface area contributed by atoms with Crippen molar-refractivity contribution in [2.45, 2.75) is 26.8 Å². The number of aryl methyl sites for hydroxylation is 2. The Kier molecular flexibility index (Phi) is 4.62. The lowest BCUT2D eigenvalue weighted by Crippen LogP contribution is -2.52. The van der Waals surface area contributed by atoms with E-state index in [4.69, 9.17) is 0 Å².